The van der Waals surface area contributed by atoms with Crippen molar-refractivity contribution >= 4 is 23.1 Å². The van der Waals surface area contributed by atoms with Crippen molar-refractivity contribution in [1.29, 1.82) is 0 Å². The molecule has 0 amide bonds. The molecule has 0 aliphatic heterocycles. The molecule has 3 aromatic carbocycles. The van der Waals surface area contributed by atoms with Crippen molar-refractivity contribution in [3.63, 3.8) is 0 Å². The lowest BCUT2D eigenvalue weighted by atomic mass is 10.0. The minimum absolute atomic E-state index is 0.0578. The second-order valence-electron chi connectivity index (χ2n) is 6.92. The monoisotopic (exact) mass is 445 g/mol. The van der Waals surface area contributed by atoms with Gasteiger partial charge in [-0.1, -0.05) is 55.2 Å². The van der Waals surface area contributed by atoms with Gasteiger partial charge >= 0.3 is 0 Å². The first-order chi connectivity index (χ1) is 15.5. The molecule has 0 spiro atoms. The highest BCUT2D eigenvalue weighted by atomic mass is 32.1. The van der Waals surface area contributed by atoms with Crippen LogP contribution in [-0.4, -0.2) is 5.16 Å². The van der Waals surface area contributed by atoms with Gasteiger partial charge in [0.15, 0.2) is 11.6 Å². The third-order valence-electron chi connectivity index (χ3n) is 4.59. The van der Waals surface area contributed by atoms with Gasteiger partial charge in [0.05, 0.1) is 10.7 Å². The Balaban J connectivity index is 1.79. The summed E-state index contributed by atoms with van der Waals surface area (Å²) in [5.74, 6) is 9.09. The smallest absolute Gasteiger partial charge is 0.153 e. The molecule has 3 rings (SSSR count). The Labute approximate surface area is 191 Å². The fraction of sp³-hybridized carbons (Fsp3) is 0.148. The van der Waals surface area contributed by atoms with E-state index in [0.717, 1.165) is 42.5 Å². The normalized spacial score (nSPS) is 9.75. The molecule has 0 aliphatic rings. The zero-order chi connectivity index (χ0) is 22.9. The molecular formula is C27H18F3NS. The number of halogens is 3. The molecule has 5 heteroatoms. The Kier molecular flexibility index (Phi) is 8.01. The van der Waals surface area contributed by atoms with Crippen LogP contribution >= 0.6 is 12.2 Å². The van der Waals surface area contributed by atoms with Crippen molar-refractivity contribution in [2.24, 2.45) is 4.99 Å². The first-order valence-corrected chi connectivity index (χ1v) is 10.4. The van der Waals surface area contributed by atoms with Crippen LogP contribution in [0.1, 0.15) is 42.9 Å². The molecule has 0 aromatic heterocycles. The van der Waals surface area contributed by atoms with Crippen molar-refractivity contribution in [3.05, 3.63) is 88.7 Å². The summed E-state index contributed by atoms with van der Waals surface area (Å²) in [5.41, 5.74) is 2.10. The molecule has 3 aromatic rings. The third kappa shape index (κ3) is 5.96. The topological polar surface area (TPSA) is 12.4 Å². The average Bonchev–Trinajstić information content (AvgIpc) is 2.79. The molecule has 0 saturated carbocycles. The van der Waals surface area contributed by atoms with E-state index in [2.05, 4.69) is 47.8 Å². The summed E-state index contributed by atoms with van der Waals surface area (Å²) < 4.78 is 42.4. The Morgan fingerprint density at radius 1 is 0.781 bits per heavy atom. The van der Waals surface area contributed by atoms with Crippen LogP contribution in [0.2, 0.25) is 0 Å². The van der Waals surface area contributed by atoms with Crippen molar-refractivity contribution in [1.82, 2.24) is 0 Å². The van der Waals surface area contributed by atoms with Gasteiger partial charge in [-0.15, -0.1) is 0 Å². The fourth-order valence-electron chi connectivity index (χ4n) is 2.90. The number of hydrogen-bond donors (Lipinski definition) is 0. The van der Waals surface area contributed by atoms with Crippen molar-refractivity contribution in [3.8, 4) is 34.8 Å². The summed E-state index contributed by atoms with van der Waals surface area (Å²) in [6.07, 6.45) is 3.07. The predicted molar refractivity (Wildman–Crippen MR) is 125 cm³/mol. The van der Waals surface area contributed by atoms with Gasteiger partial charge < -0.3 is 0 Å². The van der Waals surface area contributed by atoms with Crippen LogP contribution in [0, 0.1) is 41.1 Å². The Bertz CT molecular complexity index is 1280. The fourth-order valence-corrected chi connectivity index (χ4v) is 2.99. The Hall–Kier alpha value is -3.63. The minimum atomic E-state index is -0.916. The Morgan fingerprint density at radius 2 is 1.47 bits per heavy atom. The summed E-state index contributed by atoms with van der Waals surface area (Å²) >= 11 is 4.37. The predicted octanol–water partition coefficient (Wildman–Crippen LogP) is 7.45. The number of rotatable bonds is 4. The molecule has 0 unspecified atom stereocenters. The molecule has 0 atom stereocenters. The van der Waals surface area contributed by atoms with Crippen LogP contribution in [0.3, 0.4) is 0 Å². The second-order valence-corrected chi connectivity index (χ2v) is 7.10. The molecule has 0 radical (unpaired) electrons. The van der Waals surface area contributed by atoms with E-state index in [1.54, 1.807) is 6.07 Å². The lowest BCUT2D eigenvalue weighted by Crippen LogP contribution is -1.88. The first kappa shape index (κ1) is 23.0. The van der Waals surface area contributed by atoms with Crippen LogP contribution in [0.25, 0.3) is 11.1 Å². The summed E-state index contributed by atoms with van der Waals surface area (Å²) in [6.45, 7) is 2.13. The van der Waals surface area contributed by atoms with E-state index < -0.39 is 23.1 Å². The highest BCUT2D eigenvalue weighted by Crippen LogP contribution is 2.24. The number of nitrogens with zero attached hydrogens (tertiary/aromatic N) is 1. The van der Waals surface area contributed by atoms with Gasteiger partial charge in [-0.05, 0) is 66.2 Å². The zero-order valence-corrected chi connectivity index (χ0v) is 18.1. The average molecular weight is 446 g/mol. The van der Waals surface area contributed by atoms with Gasteiger partial charge in [-0.25, -0.2) is 13.2 Å². The number of thiocarbonyl (C=S) groups is 1. The number of hydrogen-bond acceptors (Lipinski definition) is 2. The minimum Gasteiger partial charge on any atom is -0.206 e. The van der Waals surface area contributed by atoms with E-state index >= 15 is 0 Å². The number of benzene rings is 3. The van der Waals surface area contributed by atoms with Crippen molar-refractivity contribution in [2.45, 2.75) is 26.2 Å². The van der Waals surface area contributed by atoms with Crippen LogP contribution in [0.5, 0.6) is 0 Å². The van der Waals surface area contributed by atoms with Gasteiger partial charge in [0, 0.05) is 17.5 Å². The maximum absolute atomic E-state index is 14.6. The summed E-state index contributed by atoms with van der Waals surface area (Å²) in [5, 5.41) is 1.92. The van der Waals surface area contributed by atoms with Crippen LogP contribution in [-0.2, 0) is 0 Å². The molecule has 0 bridgehead atoms. The largest absolute Gasteiger partial charge is 0.206 e. The number of unbranched alkanes of at least 4 members (excludes halogenated alkanes) is 2. The van der Waals surface area contributed by atoms with Gasteiger partial charge in [0.25, 0.3) is 0 Å². The summed E-state index contributed by atoms with van der Waals surface area (Å²) in [6, 6.07) is 14.3. The van der Waals surface area contributed by atoms with Crippen LogP contribution < -0.4 is 0 Å². The number of isothiocyanates is 1. The SMILES string of the molecule is CCCCC#Cc1ccc(-c2ccc(C#Cc3cc(F)c(N=C=S)c(F)c3)c(F)c2)cc1. The molecule has 0 heterocycles. The van der Waals surface area contributed by atoms with E-state index in [0.29, 0.717) is 5.56 Å². The lowest BCUT2D eigenvalue weighted by molar-refractivity contribution is 0.587. The second kappa shape index (κ2) is 11.1. The maximum atomic E-state index is 14.6. The third-order valence-corrected chi connectivity index (χ3v) is 4.68. The molecule has 158 valence electrons. The molecule has 0 N–H and O–H groups in total. The maximum Gasteiger partial charge on any atom is 0.153 e. The standard InChI is InChI=1S/C27H18F3NS/c1-2-3-4-5-6-19-7-10-21(11-8-19)23-14-13-22(24(28)17-23)12-9-20-15-25(29)27(31-18-32)26(30)16-20/h7-8,10-11,13-17H,2-4H2,1H3. The molecule has 0 aliphatic carbocycles. The van der Waals surface area contributed by atoms with Gasteiger partial charge in [0.2, 0.25) is 0 Å². The van der Waals surface area contributed by atoms with E-state index in [1.807, 2.05) is 29.4 Å². The van der Waals surface area contributed by atoms with Crippen LogP contribution in [0.4, 0.5) is 18.9 Å². The zero-order valence-electron chi connectivity index (χ0n) is 17.3. The summed E-state index contributed by atoms with van der Waals surface area (Å²) in [4.78, 5) is 3.34. The first-order valence-electron chi connectivity index (χ1n) is 9.99. The molecule has 1 nitrogen and oxygen atoms in total. The van der Waals surface area contributed by atoms with E-state index in [9.17, 15) is 13.2 Å². The number of aliphatic imine (C=N–C) groups is 1. The van der Waals surface area contributed by atoms with Gasteiger partial charge in [-0.2, -0.15) is 4.99 Å². The molecule has 0 saturated heterocycles. The molecule has 32 heavy (non-hydrogen) atoms. The lowest BCUT2D eigenvalue weighted by Gasteiger charge is -2.04. The van der Waals surface area contributed by atoms with Crippen molar-refractivity contribution < 1.29 is 13.2 Å². The van der Waals surface area contributed by atoms with E-state index in [1.165, 1.54) is 12.1 Å². The highest BCUT2D eigenvalue weighted by molar-refractivity contribution is 7.78. The summed E-state index contributed by atoms with van der Waals surface area (Å²) in [7, 11) is 0. The van der Waals surface area contributed by atoms with Gasteiger partial charge in [-0.3, -0.25) is 0 Å². The molecule has 0 fully saturated rings. The Morgan fingerprint density at radius 3 is 2.09 bits per heavy atom. The van der Waals surface area contributed by atoms with E-state index in [-0.39, 0.29) is 11.1 Å². The van der Waals surface area contributed by atoms with Crippen molar-refractivity contribution in [2.75, 3.05) is 0 Å². The van der Waals surface area contributed by atoms with Crippen LogP contribution in [0.15, 0.2) is 59.6 Å². The van der Waals surface area contributed by atoms with Gasteiger partial charge in [0.1, 0.15) is 11.5 Å². The molecular weight excluding hydrogens is 427 g/mol. The highest BCUT2D eigenvalue weighted by Gasteiger charge is 2.09. The quantitative estimate of drug-likeness (QED) is 0.176. The van der Waals surface area contributed by atoms with E-state index in [4.69, 9.17) is 0 Å².